The number of nitrogens with one attached hydrogen (secondary N) is 1. The standard InChI is InChI=1S/C24H19N3O2.2C2H6.CH4O3S/c1-16-15-18-11-8-14-20(25-24(29)17-9-4-2-5-10-17)21(18)23(28)22(16)27-26-19-12-6-3-7-13-19;2*1-2;1-5(2,3)4/h2-15,28H,1H3,(H,25,29);2*1-2H3;1H3,(H,2,3,4). The summed E-state index contributed by atoms with van der Waals surface area (Å²) in [5, 5.41) is 23.7. The molecule has 9 heteroatoms. The van der Waals surface area contributed by atoms with Gasteiger partial charge in [-0.3, -0.25) is 9.35 Å². The summed E-state index contributed by atoms with van der Waals surface area (Å²) < 4.78 is 25.9. The highest BCUT2D eigenvalue weighted by molar-refractivity contribution is 7.85. The maximum atomic E-state index is 12.6. The molecule has 0 spiro atoms. The Balaban J connectivity index is 0.000000709. The Hall–Kier alpha value is -4.08. The average molecular weight is 538 g/mol. The first-order chi connectivity index (χ1) is 18.1. The number of rotatable bonds is 4. The van der Waals surface area contributed by atoms with E-state index in [1.165, 1.54) is 0 Å². The molecular formula is C29H35N3O5S. The summed E-state index contributed by atoms with van der Waals surface area (Å²) in [6, 6.07) is 25.7. The molecule has 202 valence electrons. The largest absolute Gasteiger partial charge is 0.505 e. The Labute approximate surface area is 224 Å². The van der Waals surface area contributed by atoms with Crippen LogP contribution < -0.4 is 5.32 Å². The number of nitrogens with zero attached hydrogens (tertiary/aromatic N) is 2. The van der Waals surface area contributed by atoms with Gasteiger partial charge in [0.25, 0.3) is 16.0 Å². The number of aromatic hydroxyl groups is 1. The van der Waals surface area contributed by atoms with Crippen molar-refractivity contribution in [1.29, 1.82) is 0 Å². The van der Waals surface area contributed by atoms with Gasteiger partial charge in [-0.15, -0.1) is 5.11 Å². The van der Waals surface area contributed by atoms with Crippen molar-refractivity contribution >= 4 is 43.9 Å². The van der Waals surface area contributed by atoms with Gasteiger partial charge >= 0.3 is 0 Å². The van der Waals surface area contributed by atoms with Crippen LogP contribution in [0.25, 0.3) is 10.8 Å². The van der Waals surface area contributed by atoms with Crippen molar-refractivity contribution in [1.82, 2.24) is 0 Å². The van der Waals surface area contributed by atoms with E-state index in [4.69, 9.17) is 4.55 Å². The molecule has 4 aromatic carbocycles. The fourth-order valence-corrected chi connectivity index (χ4v) is 3.18. The molecule has 8 nitrogen and oxygen atoms in total. The normalized spacial score (nSPS) is 10.3. The molecule has 0 saturated carbocycles. The van der Waals surface area contributed by atoms with E-state index in [0.29, 0.717) is 34.3 Å². The van der Waals surface area contributed by atoms with Gasteiger partial charge in [0.2, 0.25) is 0 Å². The van der Waals surface area contributed by atoms with Gasteiger partial charge in [-0.1, -0.05) is 76.2 Å². The second-order valence-corrected chi connectivity index (χ2v) is 8.85. The van der Waals surface area contributed by atoms with E-state index in [2.05, 4.69) is 15.5 Å². The quantitative estimate of drug-likeness (QED) is 0.179. The number of benzene rings is 4. The molecule has 0 heterocycles. The van der Waals surface area contributed by atoms with Crippen LogP contribution in [-0.2, 0) is 10.1 Å². The van der Waals surface area contributed by atoms with E-state index in [9.17, 15) is 18.3 Å². The Kier molecular flexibility index (Phi) is 13.4. The molecule has 1 amide bonds. The maximum Gasteiger partial charge on any atom is 0.261 e. The molecular weight excluding hydrogens is 502 g/mol. The number of carbonyl (C=O) groups excluding carboxylic acids is 1. The molecule has 4 rings (SSSR count). The molecule has 0 saturated heterocycles. The number of phenolic OH excluding ortho intramolecular Hbond substituents is 1. The lowest BCUT2D eigenvalue weighted by molar-refractivity contribution is 0.102. The van der Waals surface area contributed by atoms with Gasteiger partial charge in [0.15, 0.2) is 5.75 Å². The number of azo groups is 1. The predicted octanol–water partition coefficient (Wildman–Crippen LogP) is 8.08. The monoisotopic (exact) mass is 537 g/mol. The first-order valence-corrected chi connectivity index (χ1v) is 14.0. The molecule has 0 aromatic heterocycles. The molecule has 0 aliphatic heterocycles. The Morgan fingerprint density at radius 3 is 1.89 bits per heavy atom. The number of aryl methyl sites for hydroxylation is 1. The number of phenols is 1. The minimum absolute atomic E-state index is 0.0105. The van der Waals surface area contributed by atoms with Crippen LogP contribution in [0.5, 0.6) is 5.75 Å². The summed E-state index contributed by atoms with van der Waals surface area (Å²) in [4.78, 5) is 12.6. The lowest BCUT2D eigenvalue weighted by Gasteiger charge is -2.13. The van der Waals surface area contributed by atoms with Gasteiger partial charge in [-0.05, 0) is 54.3 Å². The fourth-order valence-electron chi connectivity index (χ4n) is 3.18. The molecule has 0 radical (unpaired) electrons. The first-order valence-electron chi connectivity index (χ1n) is 12.1. The summed E-state index contributed by atoms with van der Waals surface area (Å²) in [5.41, 5.74) is 2.92. The van der Waals surface area contributed by atoms with Crippen molar-refractivity contribution < 1.29 is 22.9 Å². The zero-order valence-corrected chi connectivity index (χ0v) is 23.3. The van der Waals surface area contributed by atoms with Crippen LogP contribution in [0.3, 0.4) is 0 Å². The summed E-state index contributed by atoms with van der Waals surface area (Å²) in [6.45, 7) is 9.87. The third kappa shape index (κ3) is 10.1. The van der Waals surface area contributed by atoms with Crippen molar-refractivity contribution in [2.24, 2.45) is 10.2 Å². The van der Waals surface area contributed by atoms with Gasteiger partial charge in [-0.2, -0.15) is 13.5 Å². The van der Waals surface area contributed by atoms with Gasteiger partial charge < -0.3 is 10.4 Å². The van der Waals surface area contributed by atoms with Crippen molar-refractivity contribution in [3.8, 4) is 5.75 Å². The minimum Gasteiger partial charge on any atom is -0.505 e. The maximum absolute atomic E-state index is 12.6. The van der Waals surface area contributed by atoms with Crippen molar-refractivity contribution in [2.45, 2.75) is 34.6 Å². The van der Waals surface area contributed by atoms with Crippen LogP contribution in [0.2, 0.25) is 0 Å². The first kappa shape index (κ1) is 31.9. The second-order valence-electron chi connectivity index (χ2n) is 7.38. The topological polar surface area (TPSA) is 128 Å². The van der Waals surface area contributed by atoms with Crippen LogP contribution in [0.15, 0.2) is 95.2 Å². The van der Waals surface area contributed by atoms with E-state index in [1.807, 2.05) is 89.2 Å². The Morgan fingerprint density at radius 2 is 1.34 bits per heavy atom. The molecule has 0 aliphatic carbocycles. The zero-order valence-electron chi connectivity index (χ0n) is 22.5. The lowest BCUT2D eigenvalue weighted by atomic mass is 10.0. The third-order valence-corrected chi connectivity index (χ3v) is 4.61. The number of fused-ring (bicyclic) bond motifs is 1. The molecule has 4 aromatic rings. The minimum atomic E-state index is -3.67. The van der Waals surface area contributed by atoms with Crippen LogP contribution in [0, 0.1) is 6.92 Å². The van der Waals surface area contributed by atoms with Gasteiger partial charge in [0.1, 0.15) is 5.69 Å². The van der Waals surface area contributed by atoms with E-state index >= 15 is 0 Å². The average Bonchev–Trinajstić information content (AvgIpc) is 2.91. The summed E-state index contributed by atoms with van der Waals surface area (Å²) in [7, 11) is -3.67. The Morgan fingerprint density at radius 1 is 0.816 bits per heavy atom. The predicted molar refractivity (Wildman–Crippen MR) is 156 cm³/mol. The number of carbonyl (C=O) groups is 1. The Bertz CT molecular complexity index is 1430. The summed E-state index contributed by atoms with van der Waals surface area (Å²) in [6.07, 6.45) is 0.715. The van der Waals surface area contributed by atoms with E-state index in [-0.39, 0.29) is 11.7 Å². The molecule has 0 unspecified atom stereocenters. The third-order valence-electron chi connectivity index (χ3n) is 4.61. The van der Waals surface area contributed by atoms with Crippen molar-refractivity contribution in [3.63, 3.8) is 0 Å². The van der Waals surface area contributed by atoms with Gasteiger partial charge in [0, 0.05) is 10.9 Å². The lowest BCUT2D eigenvalue weighted by Crippen LogP contribution is -2.11. The highest BCUT2D eigenvalue weighted by Gasteiger charge is 2.15. The van der Waals surface area contributed by atoms with Gasteiger partial charge in [0.05, 0.1) is 17.6 Å². The van der Waals surface area contributed by atoms with E-state index in [1.54, 1.807) is 30.3 Å². The highest BCUT2D eigenvalue weighted by Crippen LogP contribution is 2.42. The van der Waals surface area contributed by atoms with Crippen LogP contribution >= 0.6 is 0 Å². The van der Waals surface area contributed by atoms with Crippen LogP contribution in [0.1, 0.15) is 43.6 Å². The summed E-state index contributed by atoms with van der Waals surface area (Å²) >= 11 is 0. The number of hydrogen-bond donors (Lipinski definition) is 3. The number of amides is 1. The second kappa shape index (κ2) is 15.9. The fraction of sp³-hybridized carbons (Fsp3) is 0.207. The highest BCUT2D eigenvalue weighted by atomic mass is 32.2. The van der Waals surface area contributed by atoms with Gasteiger partial charge in [-0.25, -0.2) is 0 Å². The molecule has 3 N–H and O–H groups in total. The van der Waals surface area contributed by atoms with Crippen LogP contribution in [-0.4, -0.2) is 30.2 Å². The molecule has 0 aliphatic rings. The number of hydrogen-bond acceptors (Lipinski definition) is 6. The smallest absolute Gasteiger partial charge is 0.261 e. The zero-order chi connectivity index (χ0) is 28.7. The van der Waals surface area contributed by atoms with Crippen molar-refractivity contribution in [2.75, 3.05) is 11.6 Å². The molecule has 38 heavy (non-hydrogen) atoms. The SMILES string of the molecule is CC.CC.CS(=O)(=O)O.Cc1cc2cccc(NC(=O)c3ccccc3)c2c(O)c1N=Nc1ccccc1. The summed E-state index contributed by atoms with van der Waals surface area (Å²) in [5.74, 6) is -0.255. The van der Waals surface area contributed by atoms with Crippen molar-refractivity contribution in [3.05, 3.63) is 96.1 Å². The van der Waals surface area contributed by atoms with Crippen LogP contribution in [0.4, 0.5) is 17.1 Å². The molecule has 0 fully saturated rings. The molecule has 0 atom stereocenters. The van der Waals surface area contributed by atoms with E-state index in [0.717, 1.165) is 10.9 Å². The molecule has 0 bridgehead atoms. The van der Waals surface area contributed by atoms with E-state index < -0.39 is 10.1 Å². The number of anilines is 1.